The summed E-state index contributed by atoms with van der Waals surface area (Å²) in [6.07, 6.45) is 0. The molecule has 29 heavy (non-hydrogen) atoms. The van der Waals surface area contributed by atoms with Crippen molar-refractivity contribution in [3.63, 3.8) is 0 Å². The Hall–Kier alpha value is -2.14. The highest BCUT2D eigenvalue weighted by atomic mass is 79.9. The van der Waals surface area contributed by atoms with Crippen LogP contribution in [0.5, 0.6) is 11.5 Å². The third-order valence-corrected chi connectivity index (χ3v) is 4.72. The monoisotopic (exact) mass is 464 g/mol. The van der Waals surface area contributed by atoms with Crippen LogP contribution in [0.2, 0.25) is 0 Å². The highest BCUT2D eigenvalue weighted by Crippen LogP contribution is 2.13. The van der Waals surface area contributed by atoms with E-state index >= 15 is 0 Å². The van der Waals surface area contributed by atoms with Crippen LogP contribution in [-0.2, 0) is 0 Å². The molecule has 5 heteroatoms. The summed E-state index contributed by atoms with van der Waals surface area (Å²) >= 11 is 3.31. The van der Waals surface area contributed by atoms with Gasteiger partial charge in [-0.2, -0.15) is 0 Å². The molecule has 0 saturated heterocycles. The van der Waals surface area contributed by atoms with Gasteiger partial charge in [0.25, 0.3) is 0 Å². The first kappa shape index (κ1) is 26.9. The molecule has 2 aromatic rings. The number of halogens is 1. The number of rotatable bonds is 6. The maximum absolute atomic E-state index is 11.0. The second-order valence-corrected chi connectivity index (χ2v) is 8.08. The first-order valence-corrected chi connectivity index (χ1v) is 10.8. The first-order valence-electron chi connectivity index (χ1n) is 9.66. The fourth-order valence-corrected chi connectivity index (χ4v) is 1.74. The molecular formula is C24H33BrO4. The summed E-state index contributed by atoms with van der Waals surface area (Å²) in [7, 11) is 0. The predicted molar refractivity (Wildman–Crippen MR) is 124 cm³/mol. The van der Waals surface area contributed by atoms with E-state index in [4.69, 9.17) is 9.84 Å². The Kier molecular flexibility index (Phi) is 13.7. The summed E-state index contributed by atoms with van der Waals surface area (Å²) in [6, 6.07) is 13.4. The van der Waals surface area contributed by atoms with Gasteiger partial charge >= 0.3 is 0 Å². The molecule has 0 bridgehead atoms. The molecule has 0 atom stereocenters. The minimum atomic E-state index is 0.0139. The number of benzene rings is 2. The van der Waals surface area contributed by atoms with E-state index in [-0.39, 0.29) is 17.3 Å². The van der Waals surface area contributed by atoms with Crippen LogP contribution in [-0.4, -0.2) is 28.6 Å². The van der Waals surface area contributed by atoms with Crippen LogP contribution in [0.4, 0.5) is 0 Å². The minimum absolute atomic E-state index is 0.0139. The number of carbonyl (C=O) groups excluding carboxylic acids is 2. The zero-order valence-electron chi connectivity index (χ0n) is 18.2. The topological polar surface area (TPSA) is 63.6 Å². The Labute approximate surface area is 183 Å². The van der Waals surface area contributed by atoms with Gasteiger partial charge in [0.2, 0.25) is 0 Å². The fourth-order valence-electron chi connectivity index (χ4n) is 1.74. The number of Topliss-reactive ketones (excluding diaryl/α,β-unsaturated/α-hetero) is 2. The Morgan fingerprint density at radius 3 is 1.52 bits per heavy atom. The summed E-state index contributed by atoms with van der Waals surface area (Å²) in [5.74, 6) is 2.42. The van der Waals surface area contributed by atoms with Crippen LogP contribution in [0.3, 0.4) is 0 Å². The van der Waals surface area contributed by atoms with Gasteiger partial charge in [-0.05, 0) is 74.2 Å². The molecule has 160 valence electrons. The van der Waals surface area contributed by atoms with Crippen LogP contribution < -0.4 is 4.74 Å². The summed E-state index contributed by atoms with van der Waals surface area (Å²) < 4.78 is 5.49. The lowest BCUT2D eigenvalue weighted by molar-refractivity contribution is 0.100. The summed E-state index contributed by atoms with van der Waals surface area (Å²) in [4.78, 5) is 21.7. The van der Waals surface area contributed by atoms with E-state index in [1.54, 1.807) is 31.2 Å². The third-order valence-electron chi connectivity index (χ3n) is 3.43. The Balaban J connectivity index is 0.000000455. The van der Waals surface area contributed by atoms with Gasteiger partial charge in [-0.25, -0.2) is 0 Å². The molecule has 2 rings (SSSR count). The Morgan fingerprint density at radius 1 is 0.828 bits per heavy atom. The van der Waals surface area contributed by atoms with Crippen molar-refractivity contribution in [3.05, 3.63) is 59.7 Å². The van der Waals surface area contributed by atoms with E-state index in [9.17, 15) is 9.59 Å². The normalized spacial score (nSPS) is 9.83. The van der Waals surface area contributed by atoms with Crippen LogP contribution >= 0.6 is 15.9 Å². The molecule has 4 nitrogen and oxygen atoms in total. The number of aromatic hydroxyl groups is 1. The lowest BCUT2D eigenvalue weighted by atomic mass is 10.1. The molecule has 0 amide bonds. The summed E-state index contributed by atoms with van der Waals surface area (Å²) in [6.45, 7) is 12.3. The fraction of sp³-hybridized carbons (Fsp3) is 0.417. The second-order valence-electron chi connectivity index (χ2n) is 7.44. The SMILES string of the molecule is CC(=O)c1ccc(O)cc1.CC(=O)c1ccc(OCC(C)C)cc1.CC(C)CBr. The smallest absolute Gasteiger partial charge is 0.159 e. The number of phenols is 1. The van der Waals surface area contributed by atoms with Crippen LogP contribution in [0.1, 0.15) is 62.3 Å². The van der Waals surface area contributed by atoms with E-state index in [0.29, 0.717) is 18.1 Å². The van der Waals surface area contributed by atoms with E-state index in [2.05, 4.69) is 43.6 Å². The van der Waals surface area contributed by atoms with Crippen molar-refractivity contribution >= 4 is 27.5 Å². The highest BCUT2D eigenvalue weighted by molar-refractivity contribution is 9.09. The highest BCUT2D eigenvalue weighted by Gasteiger charge is 2.00. The van der Waals surface area contributed by atoms with E-state index < -0.39 is 0 Å². The van der Waals surface area contributed by atoms with Crippen LogP contribution in [0.15, 0.2) is 48.5 Å². The molecule has 0 radical (unpaired) electrons. The molecule has 0 unspecified atom stereocenters. The van der Waals surface area contributed by atoms with Crippen LogP contribution in [0.25, 0.3) is 0 Å². The van der Waals surface area contributed by atoms with Crippen molar-refractivity contribution in [1.29, 1.82) is 0 Å². The van der Waals surface area contributed by atoms with Gasteiger partial charge in [0.05, 0.1) is 6.61 Å². The number of ether oxygens (including phenoxy) is 1. The van der Waals surface area contributed by atoms with Gasteiger partial charge < -0.3 is 9.84 Å². The van der Waals surface area contributed by atoms with Gasteiger partial charge in [-0.1, -0.05) is 43.6 Å². The maximum Gasteiger partial charge on any atom is 0.159 e. The molecule has 2 aromatic carbocycles. The molecule has 0 aliphatic rings. The van der Waals surface area contributed by atoms with Crippen molar-refractivity contribution in [2.75, 3.05) is 11.9 Å². The lowest BCUT2D eigenvalue weighted by Crippen LogP contribution is -2.04. The molecular weight excluding hydrogens is 432 g/mol. The van der Waals surface area contributed by atoms with Gasteiger partial charge in [0.1, 0.15) is 11.5 Å². The van der Waals surface area contributed by atoms with Crippen LogP contribution in [0, 0.1) is 11.8 Å². The largest absolute Gasteiger partial charge is 0.508 e. The number of hydrogen-bond donors (Lipinski definition) is 1. The average Bonchev–Trinajstić information content (AvgIpc) is 2.68. The summed E-state index contributed by atoms with van der Waals surface area (Å²) in [5, 5.41) is 9.95. The zero-order chi connectivity index (χ0) is 22.4. The zero-order valence-corrected chi connectivity index (χ0v) is 19.8. The molecule has 0 spiro atoms. The van der Waals surface area contributed by atoms with Crippen molar-refractivity contribution in [2.45, 2.75) is 41.5 Å². The second kappa shape index (κ2) is 14.8. The first-order chi connectivity index (χ1) is 13.6. The molecule has 0 aromatic heterocycles. The minimum Gasteiger partial charge on any atom is -0.508 e. The number of hydrogen-bond acceptors (Lipinski definition) is 4. The number of carbonyl (C=O) groups is 2. The number of alkyl halides is 1. The molecule has 0 aliphatic carbocycles. The van der Waals surface area contributed by atoms with Crippen molar-refractivity contribution in [2.24, 2.45) is 11.8 Å². The van der Waals surface area contributed by atoms with E-state index in [0.717, 1.165) is 22.6 Å². The Bertz CT molecular complexity index is 720. The third kappa shape index (κ3) is 13.6. The number of ketones is 2. The maximum atomic E-state index is 11.0. The van der Waals surface area contributed by atoms with Crippen molar-refractivity contribution < 1.29 is 19.4 Å². The molecule has 1 N–H and O–H groups in total. The predicted octanol–water partition coefficient (Wildman–Crippen LogP) is 6.56. The Morgan fingerprint density at radius 2 is 1.21 bits per heavy atom. The van der Waals surface area contributed by atoms with E-state index in [1.165, 1.54) is 19.1 Å². The molecule has 0 fully saturated rings. The molecule has 0 saturated carbocycles. The molecule has 0 aliphatic heterocycles. The van der Waals surface area contributed by atoms with Gasteiger partial charge in [0, 0.05) is 16.5 Å². The standard InChI is InChI=1S/C12H16O2.C8H8O2.C4H9Br/c1-9(2)8-14-12-6-4-11(5-7-12)10(3)13;1-6(9)7-2-4-8(10)5-3-7;1-4(2)3-5/h4-7,9H,8H2,1-3H3;2-5,10H,1H3;4H,3H2,1-2H3. The lowest BCUT2D eigenvalue weighted by Gasteiger charge is -2.08. The number of phenolic OH excluding ortho intramolecular Hbond substituents is 1. The summed E-state index contributed by atoms with van der Waals surface area (Å²) in [5.41, 5.74) is 1.35. The quantitative estimate of drug-likeness (QED) is 0.388. The van der Waals surface area contributed by atoms with Gasteiger partial charge in [-0.15, -0.1) is 0 Å². The van der Waals surface area contributed by atoms with Gasteiger partial charge in [0.15, 0.2) is 11.6 Å². The van der Waals surface area contributed by atoms with Gasteiger partial charge in [-0.3, -0.25) is 9.59 Å². The molecule has 0 heterocycles. The van der Waals surface area contributed by atoms with Crippen molar-refractivity contribution in [3.8, 4) is 11.5 Å². The average molecular weight is 465 g/mol. The van der Waals surface area contributed by atoms with Crippen molar-refractivity contribution in [1.82, 2.24) is 0 Å². The van der Waals surface area contributed by atoms with E-state index in [1.807, 2.05) is 12.1 Å².